The lowest BCUT2D eigenvalue weighted by atomic mass is 9.92. The fourth-order valence-electron chi connectivity index (χ4n) is 3.15. The maximum atomic E-state index is 12.0. The third kappa shape index (κ3) is 4.93. The van der Waals surface area contributed by atoms with E-state index in [1.807, 2.05) is 0 Å². The molecule has 21 heavy (non-hydrogen) atoms. The molecule has 2 heterocycles. The smallest absolute Gasteiger partial charge is 0.220 e. The van der Waals surface area contributed by atoms with Gasteiger partial charge >= 0.3 is 0 Å². The molecule has 0 bridgehead atoms. The van der Waals surface area contributed by atoms with Crippen molar-refractivity contribution in [3.8, 4) is 0 Å². The second-order valence-corrected chi connectivity index (χ2v) is 8.46. The van der Waals surface area contributed by atoms with Gasteiger partial charge in [-0.15, -0.1) is 0 Å². The molecule has 0 unspecified atom stereocenters. The minimum absolute atomic E-state index is 0.00338. The molecule has 0 aliphatic carbocycles. The van der Waals surface area contributed by atoms with Gasteiger partial charge in [0.1, 0.15) is 0 Å². The maximum absolute atomic E-state index is 12.0. The molecular weight excluding hydrogens is 292 g/mol. The number of sulfone groups is 1. The van der Waals surface area contributed by atoms with E-state index in [-0.39, 0.29) is 17.4 Å². The lowest BCUT2D eigenvalue weighted by Gasteiger charge is -2.28. The Bertz CT molecular complexity index is 458. The minimum atomic E-state index is -3.09. The highest BCUT2D eigenvalue weighted by molar-refractivity contribution is 7.91. The van der Waals surface area contributed by atoms with Crippen LogP contribution >= 0.6 is 0 Å². The SMILES string of the molecule is CO[C@@H]1CS(=O)(=O)C[C@H]1NC(=O)CCC1CCN(C)CC1. The molecule has 0 saturated carbocycles. The van der Waals surface area contributed by atoms with E-state index in [4.69, 9.17) is 4.74 Å². The number of methoxy groups -OCH3 is 1. The van der Waals surface area contributed by atoms with Crippen LogP contribution in [0.5, 0.6) is 0 Å². The van der Waals surface area contributed by atoms with Gasteiger partial charge in [-0.05, 0) is 45.3 Å². The molecule has 122 valence electrons. The zero-order valence-electron chi connectivity index (χ0n) is 12.9. The van der Waals surface area contributed by atoms with Crippen molar-refractivity contribution in [3.63, 3.8) is 0 Å². The van der Waals surface area contributed by atoms with Crippen LogP contribution in [0.25, 0.3) is 0 Å². The van der Waals surface area contributed by atoms with Crippen molar-refractivity contribution in [2.24, 2.45) is 5.92 Å². The van der Waals surface area contributed by atoms with Gasteiger partial charge in [-0.3, -0.25) is 4.79 Å². The zero-order valence-corrected chi connectivity index (χ0v) is 13.7. The first-order valence-electron chi connectivity index (χ1n) is 7.61. The van der Waals surface area contributed by atoms with Crippen LogP contribution in [-0.4, -0.2) is 70.1 Å². The summed E-state index contributed by atoms with van der Waals surface area (Å²) < 4.78 is 28.4. The van der Waals surface area contributed by atoms with E-state index < -0.39 is 22.0 Å². The number of piperidine rings is 1. The van der Waals surface area contributed by atoms with Crippen LogP contribution in [0.4, 0.5) is 0 Å². The molecule has 2 rings (SSSR count). The maximum Gasteiger partial charge on any atom is 0.220 e. The van der Waals surface area contributed by atoms with Crippen molar-refractivity contribution in [3.05, 3.63) is 0 Å². The van der Waals surface area contributed by atoms with Gasteiger partial charge in [0.05, 0.1) is 23.7 Å². The van der Waals surface area contributed by atoms with Crippen molar-refractivity contribution in [1.82, 2.24) is 10.2 Å². The van der Waals surface area contributed by atoms with Crippen LogP contribution in [0.15, 0.2) is 0 Å². The van der Waals surface area contributed by atoms with Crippen LogP contribution in [0.2, 0.25) is 0 Å². The summed E-state index contributed by atoms with van der Waals surface area (Å²) in [6.45, 7) is 2.19. The monoisotopic (exact) mass is 318 g/mol. The van der Waals surface area contributed by atoms with Gasteiger partial charge in [0.2, 0.25) is 5.91 Å². The summed E-state index contributed by atoms with van der Waals surface area (Å²) >= 11 is 0. The standard InChI is InChI=1S/C14H26N2O4S/c1-16-7-5-11(6-8-16)3-4-14(17)15-12-9-21(18,19)10-13(12)20-2/h11-13H,3-10H2,1-2H3,(H,15,17)/t12-,13-/m1/s1. The molecule has 2 saturated heterocycles. The van der Waals surface area contributed by atoms with Crippen LogP contribution in [0.3, 0.4) is 0 Å². The number of likely N-dealkylation sites (tertiary alicyclic amines) is 1. The van der Waals surface area contributed by atoms with Crippen LogP contribution < -0.4 is 5.32 Å². The number of carbonyl (C=O) groups excluding carboxylic acids is 1. The number of rotatable bonds is 5. The Morgan fingerprint density at radius 2 is 1.95 bits per heavy atom. The van der Waals surface area contributed by atoms with E-state index in [2.05, 4.69) is 17.3 Å². The summed E-state index contributed by atoms with van der Waals surface area (Å²) in [5.74, 6) is 0.546. The minimum Gasteiger partial charge on any atom is -0.378 e. The Kier molecular flexibility index (Phi) is 5.62. The number of ether oxygens (including phenoxy) is 1. The van der Waals surface area contributed by atoms with Crippen molar-refractivity contribution in [2.75, 3.05) is 38.8 Å². The molecule has 0 radical (unpaired) electrons. The van der Waals surface area contributed by atoms with E-state index in [1.54, 1.807) is 0 Å². The number of nitrogens with zero attached hydrogens (tertiary/aromatic N) is 1. The van der Waals surface area contributed by atoms with Gasteiger partial charge < -0.3 is 15.0 Å². The summed E-state index contributed by atoms with van der Waals surface area (Å²) in [4.78, 5) is 14.3. The summed E-state index contributed by atoms with van der Waals surface area (Å²) in [6.07, 6.45) is 3.23. The Morgan fingerprint density at radius 3 is 2.57 bits per heavy atom. The molecule has 2 atom stereocenters. The number of carbonyl (C=O) groups is 1. The second kappa shape index (κ2) is 7.07. The molecule has 2 aliphatic rings. The van der Waals surface area contributed by atoms with Gasteiger partial charge in [-0.25, -0.2) is 8.42 Å². The predicted molar refractivity (Wildman–Crippen MR) is 80.8 cm³/mol. The third-order valence-electron chi connectivity index (χ3n) is 4.57. The zero-order chi connectivity index (χ0) is 15.5. The molecule has 0 aromatic carbocycles. The Labute approximate surface area is 127 Å². The van der Waals surface area contributed by atoms with Crippen molar-refractivity contribution in [1.29, 1.82) is 0 Å². The molecule has 0 aromatic rings. The predicted octanol–water partition coefficient (Wildman–Crippen LogP) is 0.0366. The fraction of sp³-hybridized carbons (Fsp3) is 0.929. The largest absolute Gasteiger partial charge is 0.378 e. The van der Waals surface area contributed by atoms with Crippen molar-refractivity contribution in [2.45, 2.75) is 37.8 Å². The molecule has 6 nitrogen and oxygen atoms in total. The molecule has 7 heteroatoms. The first-order valence-corrected chi connectivity index (χ1v) is 9.43. The quantitative estimate of drug-likeness (QED) is 0.774. The second-order valence-electron chi connectivity index (χ2n) is 6.31. The van der Waals surface area contributed by atoms with Crippen molar-refractivity contribution >= 4 is 15.7 Å². The topological polar surface area (TPSA) is 75.7 Å². The molecular formula is C14H26N2O4S. The highest BCUT2D eigenvalue weighted by atomic mass is 32.2. The molecule has 0 aromatic heterocycles. The molecule has 1 amide bonds. The van der Waals surface area contributed by atoms with Gasteiger partial charge in [-0.2, -0.15) is 0 Å². The Morgan fingerprint density at radius 1 is 1.29 bits per heavy atom. The van der Waals surface area contributed by atoms with E-state index in [9.17, 15) is 13.2 Å². The van der Waals surface area contributed by atoms with Crippen LogP contribution in [0.1, 0.15) is 25.7 Å². The third-order valence-corrected chi connectivity index (χ3v) is 6.27. The van der Waals surface area contributed by atoms with Gasteiger partial charge in [0.25, 0.3) is 0 Å². The summed E-state index contributed by atoms with van der Waals surface area (Å²) in [5, 5.41) is 2.83. The highest BCUT2D eigenvalue weighted by Gasteiger charge is 2.38. The molecule has 2 fully saturated rings. The van der Waals surface area contributed by atoms with E-state index in [0.29, 0.717) is 12.3 Å². The molecule has 1 N–H and O–H groups in total. The summed E-state index contributed by atoms with van der Waals surface area (Å²) in [5.41, 5.74) is 0. The van der Waals surface area contributed by atoms with Crippen LogP contribution in [0, 0.1) is 5.92 Å². The van der Waals surface area contributed by atoms with Crippen LogP contribution in [-0.2, 0) is 19.4 Å². The Hall–Kier alpha value is -0.660. The highest BCUT2D eigenvalue weighted by Crippen LogP contribution is 2.21. The fourth-order valence-corrected chi connectivity index (χ4v) is 5.00. The average Bonchev–Trinajstić information content (AvgIpc) is 2.72. The van der Waals surface area contributed by atoms with E-state index >= 15 is 0 Å². The van der Waals surface area contributed by atoms with Gasteiger partial charge in [-0.1, -0.05) is 0 Å². The Balaban J connectivity index is 1.74. The molecule has 0 spiro atoms. The summed E-state index contributed by atoms with van der Waals surface area (Å²) in [7, 11) is 0.520. The first kappa shape index (κ1) is 16.7. The normalized spacial score (nSPS) is 30.4. The van der Waals surface area contributed by atoms with E-state index in [1.165, 1.54) is 7.11 Å². The number of nitrogens with one attached hydrogen (secondary N) is 1. The van der Waals surface area contributed by atoms with Crippen molar-refractivity contribution < 1.29 is 17.9 Å². The average molecular weight is 318 g/mol. The van der Waals surface area contributed by atoms with Gasteiger partial charge in [0.15, 0.2) is 9.84 Å². The summed E-state index contributed by atoms with van der Waals surface area (Å²) in [6, 6.07) is -0.398. The lowest BCUT2D eigenvalue weighted by molar-refractivity contribution is -0.122. The van der Waals surface area contributed by atoms with Gasteiger partial charge in [0, 0.05) is 13.5 Å². The number of hydrogen-bond donors (Lipinski definition) is 1. The molecule has 2 aliphatic heterocycles. The lowest BCUT2D eigenvalue weighted by Crippen LogP contribution is -2.43. The van der Waals surface area contributed by atoms with E-state index in [0.717, 1.165) is 32.4 Å². The number of amides is 1. The first-order chi connectivity index (χ1) is 9.89. The number of hydrogen-bond acceptors (Lipinski definition) is 5.